The fourth-order valence-corrected chi connectivity index (χ4v) is 1.20. The number of aliphatic hydroxyl groups excluding tert-OH is 1. The number of hydrogen-bond donors (Lipinski definition) is 2. The molecule has 1 aromatic heterocycles. The molecule has 2 N–H and O–H groups in total. The highest BCUT2D eigenvalue weighted by Crippen LogP contribution is 2.06. The number of hydrogen-bond acceptors (Lipinski definition) is 4. The second-order valence-corrected chi connectivity index (χ2v) is 3.27. The Bertz CT molecular complexity index is 213. The maximum absolute atomic E-state index is 8.62. The minimum Gasteiger partial charge on any atom is -0.388 e. The number of nitrogens with zero attached hydrogens (tertiary/aromatic N) is 2. The molecule has 0 aliphatic rings. The van der Waals surface area contributed by atoms with E-state index in [1.54, 1.807) is 11.8 Å². The van der Waals surface area contributed by atoms with E-state index < -0.39 is 0 Å². The van der Waals surface area contributed by atoms with Crippen molar-refractivity contribution in [1.29, 1.82) is 0 Å². The Morgan fingerprint density at radius 3 is 3.00 bits per heavy atom. The van der Waals surface area contributed by atoms with Crippen molar-refractivity contribution in [3.05, 3.63) is 11.6 Å². The number of nitrogens with one attached hydrogen (secondary N) is 1. The maximum Gasteiger partial charge on any atom is 0.176 e. The molecule has 5 heteroatoms. The number of rotatable bonds is 4. The van der Waals surface area contributed by atoms with E-state index in [1.807, 2.05) is 0 Å². The first-order chi connectivity index (χ1) is 5.36. The zero-order valence-electron chi connectivity index (χ0n) is 6.37. The number of aliphatic hydroxyl groups is 1. The van der Waals surface area contributed by atoms with E-state index in [0.717, 1.165) is 17.3 Å². The Kier molecular flexibility index (Phi) is 3.38. The minimum atomic E-state index is -0.0900. The third-order valence-corrected chi connectivity index (χ3v) is 2.05. The van der Waals surface area contributed by atoms with E-state index in [9.17, 15) is 0 Å². The Hall–Kier alpha value is -0.550. The van der Waals surface area contributed by atoms with Crippen molar-refractivity contribution in [2.24, 2.45) is 0 Å². The lowest BCUT2D eigenvalue weighted by Crippen LogP contribution is -1.86. The van der Waals surface area contributed by atoms with Gasteiger partial charge in [-0.2, -0.15) is 16.9 Å². The molecular weight excluding hydrogens is 162 g/mol. The van der Waals surface area contributed by atoms with Gasteiger partial charge in [0.1, 0.15) is 12.4 Å². The van der Waals surface area contributed by atoms with Gasteiger partial charge in [0.25, 0.3) is 0 Å². The molecule has 0 bridgehead atoms. The molecule has 0 amide bonds. The lowest BCUT2D eigenvalue weighted by molar-refractivity contribution is 0.272. The van der Waals surface area contributed by atoms with Crippen LogP contribution in [-0.4, -0.2) is 26.0 Å². The Balaban J connectivity index is 2.44. The van der Waals surface area contributed by atoms with Gasteiger partial charge in [0, 0.05) is 0 Å². The van der Waals surface area contributed by atoms with Crippen LogP contribution in [0.25, 0.3) is 0 Å². The monoisotopic (exact) mass is 173 g/mol. The van der Waals surface area contributed by atoms with Gasteiger partial charge in [-0.15, -0.1) is 0 Å². The predicted molar refractivity (Wildman–Crippen MR) is 44.1 cm³/mol. The molecule has 62 valence electrons. The van der Waals surface area contributed by atoms with E-state index in [-0.39, 0.29) is 6.61 Å². The standard InChI is InChI=1S/C6H11N3OS/c1-2-11-4-6-7-5(3-10)8-9-6/h10H,2-4H2,1H3,(H,7,8,9). The molecule has 1 rings (SSSR count). The fourth-order valence-electron chi connectivity index (χ4n) is 0.669. The number of thioether (sulfide) groups is 1. The Morgan fingerprint density at radius 2 is 2.45 bits per heavy atom. The molecule has 0 spiro atoms. The smallest absolute Gasteiger partial charge is 0.176 e. The molecule has 0 atom stereocenters. The first-order valence-electron chi connectivity index (χ1n) is 3.45. The summed E-state index contributed by atoms with van der Waals surface area (Å²) in [5, 5.41) is 15.2. The highest BCUT2D eigenvalue weighted by molar-refractivity contribution is 7.98. The second kappa shape index (κ2) is 4.35. The van der Waals surface area contributed by atoms with Gasteiger partial charge < -0.3 is 5.11 Å². The van der Waals surface area contributed by atoms with E-state index >= 15 is 0 Å². The number of H-pyrrole nitrogens is 1. The fraction of sp³-hybridized carbons (Fsp3) is 0.667. The van der Waals surface area contributed by atoms with Gasteiger partial charge in [0.2, 0.25) is 0 Å². The molecule has 1 heterocycles. The molecule has 0 fully saturated rings. The molecule has 0 saturated carbocycles. The van der Waals surface area contributed by atoms with Crippen LogP contribution in [0.3, 0.4) is 0 Å². The Morgan fingerprint density at radius 1 is 1.64 bits per heavy atom. The van der Waals surface area contributed by atoms with Crippen molar-refractivity contribution in [2.75, 3.05) is 5.75 Å². The third kappa shape index (κ3) is 2.51. The minimum absolute atomic E-state index is 0.0900. The van der Waals surface area contributed by atoms with Crippen LogP contribution in [0.4, 0.5) is 0 Å². The predicted octanol–water partition coefficient (Wildman–Crippen LogP) is 0.550. The molecule has 0 saturated heterocycles. The van der Waals surface area contributed by atoms with Gasteiger partial charge in [-0.3, -0.25) is 5.10 Å². The highest BCUT2D eigenvalue weighted by atomic mass is 32.2. The molecule has 0 aliphatic heterocycles. The first kappa shape index (κ1) is 8.55. The molecule has 0 aromatic carbocycles. The van der Waals surface area contributed by atoms with Gasteiger partial charge in [-0.25, -0.2) is 4.98 Å². The van der Waals surface area contributed by atoms with Crippen molar-refractivity contribution in [2.45, 2.75) is 19.3 Å². The summed E-state index contributed by atoms with van der Waals surface area (Å²) >= 11 is 1.77. The first-order valence-corrected chi connectivity index (χ1v) is 4.61. The SMILES string of the molecule is CCSCc1nc(CO)n[nH]1. The van der Waals surface area contributed by atoms with Gasteiger partial charge >= 0.3 is 0 Å². The lowest BCUT2D eigenvalue weighted by atomic mass is 10.6. The van der Waals surface area contributed by atoms with Crippen LogP contribution < -0.4 is 0 Å². The van der Waals surface area contributed by atoms with Crippen LogP contribution in [0.5, 0.6) is 0 Å². The Labute approximate surface area is 69.4 Å². The molecule has 11 heavy (non-hydrogen) atoms. The number of aromatic amines is 1. The van der Waals surface area contributed by atoms with Crippen molar-refractivity contribution in [3.63, 3.8) is 0 Å². The summed E-state index contributed by atoms with van der Waals surface area (Å²) in [5.41, 5.74) is 0. The quantitative estimate of drug-likeness (QED) is 0.698. The molecule has 0 aliphatic carbocycles. The van der Waals surface area contributed by atoms with Crippen LogP contribution in [-0.2, 0) is 12.4 Å². The number of aromatic nitrogens is 3. The van der Waals surface area contributed by atoms with Crippen LogP contribution in [0.15, 0.2) is 0 Å². The maximum atomic E-state index is 8.62. The largest absolute Gasteiger partial charge is 0.388 e. The summed E-state index contributed by atoms with van der Waals surface area (Å²) < 4.78 is 0. The van der Waals surface area contributed by atoms with Crippen molar-refractivity contribution in [3.8, 4) is 0 Å². The van der Waals surface area contributed by atoms with Crippen molar-refractivity contribution in [1.82, 2.24) is 15.2 Å². The summed E-state index contributed by atoms with van der Waals surface area (Å²) in [7, 11) is 0. The lowest BCUT2D eigenvalue weighted by Gasteiger charge is -1.90. The molecule has 4 nitrogen and oxygen atoms in total. The summed E-state index contributed by atoms with van der Waals surface area (Å²) in [6.07, 6.45) is 0. The summed E-state index contributed by atoms with van der Waals surface area (Å²) in [6, 6.07) is 0. The van der Waals surface area contributed by atoms with Crippen LogP contribution in [0.1, 0.15) is 18.6 Å². The van der Waals surface area contributed by atoms with Crippen molar-refractivity contribution >= 4 is 11.8 Å². The van der Waals surface area contributed by atoms with E-state index in [2.05, 4.69) is 22.1 Å². The van der Waals surface area contributed by atoms with Gasteiger partial charge in [-0.05, 0) is 5.75 Å². The normalized spacial score (nSPS) is 10.4. The van der Waals surface area contributed by atoms with E-state index in [0.29, 0.717) is 5.82 Å². The van der Waals surface area contributed by atoms with Crippen LogP contribution >= 0.6 is 11.8 Å². The van der Waals surface area contributed by atoms with Gasteiger partial charge in [0.15, 0.2) is 5.82 Å². The summed E-state index contributed by atoms with van der Waals surface area (Å²) in [6.45, 7) is 2.00. The average Bonchev–Trinajstić information content (AvgIpc) is 2.48. The van der Waals surface area contributed by atoms with Crippen molar-refractivity contribution < 1.29 is 5.11 Å². The van der Waals surface area contributed by atoms with Gasteiger partial charge in [0.05, 0.1) is 5.75 Å². The zero-order valence-corrected chi connectivity index (χ0v) is 7.19. The van der Waals surface area contributed by atoms with E-state index in [4.69, 9.17) is 5.11 Å². The molecule has 0 unspecified atom stereocenters. The zero-order chi connectivity index (χ0) is 8.10. The highest BCUT2D eigenvalue weighted by Gasteiger charge is 1.99. The average molecular weight is 173 g/mol. The third-order valence-electron chi connectivity index (χ3n) is 1.16. The van der Waals surface area contributed by atoms with E-state index in [1.165, 1.54) is 0 Å². The van der Waals surface area contributed by atoms with Gasteiger partial charge in [-0.1, -0.05) is 6.92 Å². The molecule has 1 aromatic rings. The summed E-state index contributed by atoms with van der Waals surface area (Å²) in [5.74, 6) is 3.20. The van der Waals surface area contributed by atoms with Crippen LogP contribution in [0, 0.1) is 0 Å². The molecule has 0 radical (unpaired) electrons. The summed E-state index contributed by atoms with van der Waals surface area (Å²) in [4.78, 5) is 4.03. The molecular formula is C6H11N3OS. The topological polar surface area (TPSA) is 61.8 Å². The van der Waals surface area contributed by atoms with Crippen LogP contribution in [0.2, 0.25) is 0 Å². The second-order valence-electron chi connectivity index (χ2n) is 1.99.